The molecular weight excluding hydrogens is 652 g/mol. The summed E-state index contributed by atoms with van der Waals surface area (Å²) in [6.45, 7) is 16.8. The quantitative estimate of drug-likeness (QED) is 0.118. The first kappa shape index (κ1) is 43.1. The van der Waals surface area contributed by atoms with Crippen LogP contribution in [0.25, 0.3) is 0 Å². The standard InChI is InChI=1S/C35H64N4O11/c1-9-46-22-35(8,23-49-27(42)36-20-33(6)16-25(14-31(2,3)18-33)38-29(44)47-12-10-40)24-50-28(43)37-21-34(7)17-26(15-32(4,5)19-34)39-30(45)48-13-11-41/h25-26,40-41H,9-24H2,1-8H3,(H,36,42)(H,37,43)(H,38,44)(H,39,45). The summed E-state index contributed by atoms with van der Waals surface area (Å²) < 4.78 is 26.8. The van der Waals surface area contributed by atoms with Gasteiger partial charge in [0, 0.05) is 31.8 Å². The summed E-state index contributed by atoms with van der Waals surface area (Å²) in [5.74, 6) is 0. The fraction of sp³-hybridized carbons (Fsp3) is 0.886. The van der Waals surface area contributed by atoms with Crippen LogP contribution in [0.3, 0.4) is 0 Å². The Hall–Kier alpha value is -3.04. The molecule has 2 rings (SSSR count). The Morgan fingerprint density at radius 2 is 1.04 bits per heavy atom. The molecule has 4 unspecified atom stereocenters. The van der Waals surface area contributed by atoms with Crippen molar-refractivity contribution in [2.45, 2.75) is 106 Å². The molecule has 15 nitrogen and oxygen atoms in total. The zero-order valence-electron chi connectivity index (χ0n) is 31.5. The maximum Gasteiger partial charge on any atom is 0.407 e. The minimum Gasteiger partial charge on any atom is -0.449 e. The van der Waals surface area contributed by atoms with Crippen molar-refractivity contribution < 1.29 is 53.1 Å². The molecule has 0 aromatic carbocycles. The number of ether oxygens (including phenoxy) is 5. The largest absolute Gasteiger partial charge is 0.449 e. The van der Waals surface area contributed by atoms with Gasteiger partial charge in [0.25, 0.3) is 0 Å². The third-order valence-electron chi connectivity index (χ3n) is 9.26. The summed E-state index contributed by atoms with van der Waals surface area (Å²) in [7, 11) is 0. The van der Waals surface area contributed by atoms with Gasteiger partial charge >= 0.3 is 24.4 Å². The number of hydrogen-bond donors (Lipinski definition) is 6. The van der Waals surface area contributed by atoms with Crippen molar-refractivity contribution >= 4 is 24.4 Å². The molecule has 2 fully saturated rings. The number of carbonyl (C=O) groups excluding carboxylic acids is 4. The molecule has 290 valence electrons. The second-order valence-electron chi connectivity index (χ2n) is 16.8. The van der Waals surface area contributed by atoms with Gasteiger partial charge in [-0.05, 0) is 67.1 Å². The van der Waals surface area contributed by atoms with Crippen LogP contribution in [0.5, 0.6) is 0 Å². The number of amides is 4. The van der Waals surface area contributed by atoms with Crippen molar-refractivity contribution in [2.75, 3.05) is 65.9 Å². The molecule has 2 aliphatic carbocycles. The molecule has 0 saturated heterocycles. The molecule has 0 spiro atoms. The van der Waals surface area contributed by atoms with Crippen LogP contribution < -0.4 is 21.3 Å². The number of rotatable bonds is 17. The lowest BCUT2D eigenvalue weighted by atomic mass is 9.62. The maximum absolute atomic E-state index is 12.9. The number of aliphatic hydroxyl groups is 2. The summed E-state index contributed by atoms with van der Waals surface area (Å²) in [4.78, 5) is 50.0. The summed E-state index contributed by atoms with van der Waals surface area (Å²) in [5.41, 5.74) is -1.66. The Morgan fingerprint density at radius 3 is 1.40 bits per heavy atom. The lowest BCUT2D eigenvalue weighted by molar-refractivity contribution is -0.0246. The second kappa shape index (κ2) is 19.0. The van der Waals surface area contributed by atoms with Gasteiger partial charge in [-0.25, -0.2) is 19.2 Å². The average molecular weight is 717 g/mol. The third kappa shape index (κ3) is 15.9. The molecular formula is C35H64N4O11. The van der Waals surface area contributed by atoms with E-state index in [4.69, 9.17) is 33.9 Å². The summed E-state index contributed by atoms with van der Waals surface area (Å²) in [6, 6.07) is -0.311. The molecule has 15 heteroatoms. The predicted molar refractivity (Wildman–Crippen MR) is 185 cm³/mol. The number of hydrogen-bond acceptors (Lipinski definition) is 11. The zero-order chi connectivity index (χ0) is 37.6. The molecule has 4 atom stereocenters. The van der Waals surface area contributed by atoms with Gasteiger partial charge in [-0.3, -0.25) is 0 Å². The van der Waals surface area contributed by atoms with E-state index in [1.807, 2.05) is 13.8 Å². The monoisotopic (exact) mass is 716 g/mol. The topological polar surface area (TPSA) is 203 Å². The van der Waals surface area contributed by atoms with E-state index in [9.17, 15) is 19.2 Å². The van der Waals surface area contributed by atoms with Crippen molar-refractivity contribution in [3.05, 3.63) is 0 Å². The fourth-order valence-corrected chi connectivity index (χ4v) is 8.06. The Bertz CT molecular complexity index is 1040. The molecule has 50 heavy (non-hydrogen) atoms. The van der Waals surface area contributed by atoms with Crippen LogP contribution >= 0.6 is 0 Å². The number of aliphatic hydroxyl groups excluding tert-OH is 2. The highest BCUT2D eigenvalue weighted by atomic mass is 16.6. The maximum atomic E-state index is 12.9. The van der Waals surface area contributed by atoms with E-state index in [2.05, 4.69) is 62.8 Å². The highest BCUT2D eigenvalue weighted by molar-refractivity contribution is 5.69. The highest BCUT2D eigenvalue weighted by Gasteiger charge is 2.43. The van der Waals surface area contributed by atoms with E-state index < -0.39 is 29.8 Å². The fourth-order valence-electron chi connectivity index (χ4n) is 8.06. The van der Waals surface area contributed by atoms with Crippen molar-refractivity contribution in [3.63, 3.8) is 0 Å². The Balaban J connectivity index is 1.90. The van der Waals surface area contributed by atoms with Crippen LogP contribution in [0.1, 0.15) is 93.9 Å². The number of nitrogens with one attached hydrogen (secondary N) is 4. The van der Waals surface area contributed by atoms with E-state index in [1.165, 1.54) is 0 Å². The first-order valence-corrected chi connectivity index (χ1v) is 17.7. The summed E-state index contributed by atoms with van der Waals surface area (Å²) >= 11 is 0. The first-order chi connectivity index (χ1) is 23.2. The number of carbonyl (C=O) groups is 4. The Labute approximate surface area is 297 Å². The van der Waals surface area contributed by atoms with Crippen LogP contribution in [0.4, 0.5) is 19.2 Å². The molecule has 0 radical (unpaired) electrons. The van der Waals surface area contributed by atoms with Gasteiger partial charge in [0.15, 0.2) is 0 Å². The van der Waals surface area contributed by atoms with Crippen molar-refractivity contribution in [3.8, 4) is 0 Å². The zero-order valence-corrected chi connectivity index (χ0v) is 31.5. The van der Waals surface area contributed by atoms with Gasteiger partial charge in [0.05, 0.1) is 25.2 Å². The van der Waals surface area contributed by atoms with E-state index in [-0.39, 0.29) is 80.0 Å². The SMILES string of the molecule is CCOCC(C)(COC(=O)NCC1(C)CC(NC(=O)OCCO)CC(C)(C)C1)COC(=O)NCC1(C)CC(NC(=O)OCCO)CC(C)(C)C1. The summed E-state index contributed by atoms with van der Waals surface area (Å²) in [5, 5.41) is 29.4. The molecule has 0 heterocycles. The Morgan fingerprint density at radius 1 is 0.640 bits per heavy atom. The molecule has 0 aliphatic heterocycles. The lowest BCUT2D eigenvalue weighted by Crippen LogP contribution is -2.51. The van der Waals surface area contributed by atoms with Crippen LogP contribution in [0.15, 0.2) is 0 Å². The van der Waals surface area contributed by atoms with Crippen LogP contribution in [-0.2, 0) is 23.7 Å². The minimum atomic E-state index is -0.813. The van der Waals surface area contributed by atoms with Gasteiger partial charge in [0.2, 0.25) is 0 Å². The predicted octanol–water partition coefficient (Wildman–Crippen LogP) is 4.09. The smallest absolute Gasteiger partial charge is 0.407 e. The highest BCUT2D eigenvalue weighted by Crippen LogP contribution is 2.47. The molecule has 2 aliphatic rings. The lowest BCUT2D eigenvalue weighted by Gasteiger charge is -2.46. The van der Waals surface area contributed by atoms with Gasteiger partial charge < -0.3 is 55.2 Å². The van der Waals surface area contributed by atoms with Gasteiger partial charge in [-0.2, -0.15) is 0 Å². The van der Waals surface area contributed by atoms with Crippen molar-refractivity contribution in [1.29, 1.82) is 0 Å². The van der Waals surface area contributed by atoms with E-state index >= 15 is 0 Å². The normalized spacial score (nSPS) is 26.8. The van der Waals surface area contributed by atoms with E-state index in [0.717, 1.165) is 25.7 Å². The molecule has 6 N–H and O–H groups in total. The third-order valence-corrected chi connectivity index (χ3v) is 9.26. The molecule has 0 bridgehead atoms. The molecule has 2 saturated carbocycles. The molecule has 4 amide bonds. The Kier molecular flexibility index (Phi) is 16.4. The van der Waals surface area contributed by atoms with E-state index in [0.29, 0.717) is 32.5 Å². The second-order valence-corrected chi connectivity index (χ2v) is 16.8. The van der Waals surface area contributed by atoms with Gasteiger partial charge in [-0.15, -0.1) is 0 Å². The van der Waals surface area contributed by atoms with Gasteiger partial charge in [0.1, 0.15) is 26.4 Å². The van der Waals surface area contributed by atoms with Crippen molar-refractivity contribution in [1.82, 2.24) is 21.3 Å². The number of alkyl carbamates (subject to hydrolysis) is 4. The average Bonchev–Trinajstić information content (AvgIpc) is 3.00. The van der Waals surface area contributed by atoms with Crippen LogP contribution in [0.2, 0.25) is 0 Å². The molecule has 0 aromatic rings. The van der Waals surface area contributed by atoms with Crippen LogP contribution in [-0.4, -0.2) is 113 Å². The van der Waals surface area contributed by atoms with Crippen molar-refractivity contribution in [2.24, 2.45) is 27.1 Å². The first-order valence-electron chi connectivity index (χ1n) is 17.7. The van der Waals surface area contributed by atoms with Gasteiger partial charge in [-0.1, -0.05) is 48.5 Å². The molecule has 0 aromatic heterocycles. The summed E-state index contributed by atoms with van der Waals surface area (Å²) in [6.07, 6.45) is 2.03. The van der Waals surface area contributed by atoms with Crippen LogP contribution in [0, 0.1) is 27.1 Å². The van der Waals surface area contributed by atoms with E-state index in [1.54, 1.807) is 0 Å². The minimum absolute atomic E-state index is 0.0547.